The van der Waals surface area contributed by atoms with Crippen molar-refractivity contribution in [2.75, 3.05) is 6.61 Å². The number of benzene rings is 1. The second kappa shape index (κ2) is 5.92. The summed E-state index contributed by atoms with van der Waals surface area (Å²) < 4.78 is 5.43. The Morgan fingerprint density at radius 3 is 3.00 bits per heavy atom. The van der Waals surface area contributed by atoms with E-state index in [9.17, 15) is 4.79 Å². The number of hydrogen-bond donors (Lipinski definition) is 2. The fourth-order valence-corrected chi connectivity index (χ4v) is 1.42. The lowest BCUT2D eigenvalue weighted by atomic mass is 10.1. The summed E-state index contributed by atoms with van der Waals surface area (Å²) in [7, 11) is 0. The van der Waals surface area contributed by atoms with Gasteiger partial charge in [0.2, 0.25) is 0 Å². The summed E-state index contributed by atoms with van der Waals surface area (Å²) in [5.41, 5.74) is 4.03. The highest BCUT2D eigenvalue weighted by Crippen LogP contribution is 2.23. The molecule has 3 N–H and O–H groups in total. The summed E-state index contributed by atoms with van der Waals surface area (Å²) in [6.07, 6.45) is 2.51. The van der Waals surface area contributed by atoms with Gasteiger partial charge in [-0.2, -0.15) is 0 Å². The second-order valence-electron chi connectivity index (χ2n) is 3.41. The third-order valence-electron chi connectivity index (χ3n) is 2.17. The van der Waals surface area contributed by atoms with Crippen LogP contribution >= 0.6 is 0 Å². The van der Waals surface area contributed by atoms with Gasteiger partial charge in [-0.25, -0.2) is 5.84 Å². The molecule has 0 aromatic heterocycles. The molecule has 0 bridgehead atoms. The monoisotopic (exact) mass is 220 g/mol. The van der Waals surface area contributed by atoms with Crippen molar-refractivity contribution in [1.82, 2.24) is 5.43 Å². The zero-order valence-electron chi connectivity index (χ0n) is 9.32. The van der Waals surface area contributed by atoms with E-state index in [2.05, 4.69) is 6.58 Å². The van der Waals surface area contributed by atoms with Crippen molar-refractivity contribution in [1.29, 1.82) is 0 Å². The molecule has 1 aromatic rings. The Morgan fingerprint density at radius 2 is 2.38 bits per heavy atom. The van der Waals surface area contributed by atoms with Crippen LogP contribution < -0.4 is 16.0 Å². The number of nitrogens with one attached hydrogen (secondary N) is 1. The van der Waals surface area contributed by atoms with Crippen molar-refractivity contribution in [3.8, 4) is 5.75 Å². The van der Waals surface area contributed by atoms with Crippen LogP contribution in [0.5, 0.6) is 5.75 Å². The van der Waals surface area contributed by atoms with Gasteiger partial charge in [-0.05, 0) is 24.5 Å². The number of aryl methyl sites for hydroxylation is 1. The maximum Gasteiger partial charge on any atom is 0.271 e. The predicted octanol–water partition coefficient (Wildman–Crippen LogP) is 1.09. The van der Waals surface area contributed by atoms with E-state index in [0.29, 0.717) is 6.42 Å². The predicted molar refractivity (Wildman–Crippen MR) is 62.9 cm³/mol. The van der Waals surface area contributed by atoms with Gasteiger partial charge in [0.15, 0.2) is 6.61 Å². The molecule has 0 saturated heterocycles. The van der Waals surface area contributed by atoms with E-state index >= 15 is 0 Å². The third kappa shape index (κ3) is 3.10. The van der Waals surface area contributed by atoms with Crippen LogP contribution in [0, 0.1) is 6.92 Å². The van der Waals surface area contributed by atoms with Gasteiger partial charge in [-0.1, -0.05) is 24.3 Å². The van der Waals surface area contributed by atoms with E-state index in [1.54, 1.807) is 6.08 Å². The molecular weight excluding hydrogens is 204 g/mol. The van der Waals surface area contributed by atoms with E-state index in [1.165, 1.54) is 0 Å². The molecule has 0 radical (unpaired) electrons. The molecular formula is C12H16N2O2. The van der Waals surface area contributed by atoms with E-state index in [-0.39, 0.29) is 12.5 Å². The summed E-state index contributed by atoms with van der Waals surface area (Å²) in [4.78, 5) is 11.0. The Hall–Kier alpha value is -1.81. The normalized spacial score (nSPS) is 9.62. The third-order valence-corrected chi connectivity index (χ3v) is 2.17. The first-order valence-corrected chi connectivity index (χ1v) is 5.00. The molecule has 0 unspecified atom stereocenters. The van der Waals surface area contributed by atoms with E-state index in [1.807, 2.05) is 30.5 Å². The van der Waals surface area contributed by atoms with Gasteiger partial charge in [-0.3, -0.25) is 10.2 Å². The maximum absolute atomic E-state index is 11.0. The number of ether oxygens (including phenoxy) is 1. The van der Waals surface area contributed by atoms with Gasteiger partial charge in [-0.15, -0.1) is 6.58 Å². The lowest BCUT2D eigenvalue weighted by molar-refractivity contribution is -0.123. The highest BCUT2D eigenvalue weighted by molar-refractivity contribution is 5.76. The zero-order valence-corrected chi connectivity index (χ0v) is 9.32. The largest absolute Gasteiger partial charge is 0.483 e. The van der Waals surface area contributed by atoms with E-state index in [0.717, 1.165) is 16.9 Å². The zero-order chi connectivity index (χ0) is 12.0. The van der Waals surface area contributed by atoms with Gasteiger partial charge in [0.1, 0.15) is 5.75 Å². The average Bonchev–Trinajstić information content (AvgIpc) is 2.28. The highest BCUT2D eigenvalue weighted by Gasteiger charge is 2.07. The molecule has 1 aromatic carbocycles. The van der Waals surface area contributed by atoms with Crippen molar-refractivity contribution in [2.24, 2.45) is 5.84 Å². The molecule has 0 aliphatic heterocycles. The molecule has 0 fully saturated rings. The first-order chi connectivity index (χ1) is 7.69. The lowest BCUT2D eigenvalue weighted by Gasteiger charge is -2.12. The maximum atomic E-state index is 11.0. The van der Waals surface area contributed by atoms with Crippen LogP contribution in [0.2, 0.25) is 0 Å². The minimum atomic E-state index is -0.354. The number of nitrogens with two attached hydrogens (primary N) is 1. The van der Waals surface area contributed by atoms with Crippen molar-refractivity contribution in [3.63, 3.8) is 0 Å². The standard InChI is InChI=1S/C12H16N2O2/c1-3-5-10-7-4-6-9(2)12(10)16-8-11(15)14-13/h3-4,6-7H,1,5,8,13H2,2H3,(H,14,15). The first kappa shape index (κ1) is 12.3. The van der Waals surface area contributed by atoms with Gasteiger partial charge < -0.3 is 4.74 Å². The van der Waals surface area contributed by atoms with Gasteiger partial charge in [0, 0.05) is 0 Å². The van der Waals surface area contributed by atoms with Crippen LogP contribution in [0.3, 0.4) is 0 Å². The van der Waals surface area contributed by atoms with Crippen LogP contribution in [0.1, 0.15) is 11.1 Å². The molecule has 86 valence electrons. The fourth-order valence-electron chi connectivity index (χ4n) is 1.42. The van der Waals surface area contributed by atoms with Crippen LogP contribution in [0.4, 0.5) is 0 Å². The molecule has 0 spiro atoms. The Labute approximate surface area is 95.1 Å². The lowest BCUT2D eigenvalue weighted by Crippen LogP contribution is -2.34. The number of para-hydroxylation sites is 1. The van der Waals surface area contributed by atoms with Gasteiger partial charge in [0.05, 0.1) is 0 Å². The van der Waals surface area contributed by atoms with E-state index < -0.39 is 0 Å². The smallest absolute Gasteiger partial charge is 0.271 e. The summed E-state index contributed by atoms with van der Waals surface area (Å²) in [6, 6.07) is 5.83. The van der Waals surface area contributed by atoms with Crippen LogP contribution in [-0.2, 0) is 11.2 Å². The molecule has 0 heterocycles. The van der Waals surface area contributed by atoms with Gasteiger partial charge in [0.25, 0.3) is 5.91 Å². The number of carbonyl (C=O) groups is 1. The summed E-state index contributed by atoms with van der Waals surface area (Å²) >= 11 is 0. The summed E-state index contributed by atoms with van der Waals surface area (Å²) in [5, 5.41) is 0. The van der Waals surface area contributed by atoms with Crippen molar-refractivity contribution >= 4 is 5.91 Å². The van der Waals surface area contributed by atoms with Crippen molar-refractivity contribution in [2.45, 2.75) is 13.3 Å². The highest BCUT2D eigenvalue weighted by atomic mass is 16.5. The fraction of sp³-hybridized carbons (Fsp3) is 0.250. The number of allylic oxidation sites excluding steroid dienone is 1. The molecule has 0 aliphatic carbocycles. The molecule has 4 nitrogen and oxygen atoms in total. The molecule has 1 amide bonds. The number of hydrogen-bond acceptors (Lipinski definition) is 3. The Kier molecular flexibility index (Phi) is 4.54. The average molecular weight is 220 g/mol. The second-order valence-corrected chi connectivity index (χ2v) is 3.41. The molecule has 1 rings (SSSR count). The van der Waals surface area contributed by atoms with Crippen molar-refractivity contribution < 1.29 is 9.53 Å². The first-order valence-electron chi connectivity index (χ1n) is 5.00. The quantitative estimate of drug-likeness (QED) is 0.338. The molecule has 4 heteroatoms. The molecule has 16 heavy (non-hydrogen) atoms. The number of amides is 1. The van der Waals surface area contributed by atoms with Crippen molar-refractivity contribution in [3.05, 3.63) is 42.0 Å². The summed E-state index contributed by atoms with van der Waals surface area (Å²) in [6.45, 7) is 5.54. The topological polar surface area (TPSA) is 64.3 Å². The molecule has 0 atom stereocenters. The Morgan fingerprint density at radius 1 is 1.62 bits per heavy atom. The summed E-state index contributed by atoms with van der Waals surface area (Å²) in [5.74, 6) is 5.35. The van der Waals surface area contributed by atoms with E-state index in [4.69, 9.17) is 10.6 Å². The molecule has 0 saturated carbocycles. The minimum absolute atomic E-state index is 0.0779. The SMILES string of the molecule is C=CCc1cccc(C)c1OCC(=O)NN. The Bertz CT molecular complexity index is 389. The number of hydrazine groups is 1. The molecule has 0 aliphatic rings. The van der Waals surface area contributed by atoms with Crippen LogP contribution in [-0.4, -0.2) is 12.5 Å². The number of carbonyl (C=O) groups excluding carboxylic acids is 1. The van der Waals surface area contributed by atoms with Gasteiger partial charge >= 0.3 is 0 Å². The van der Waals surface area contributed by atoms with Crippen LogP contribution in [0.15, 0.2) is 30.9 Å². The Balaban J connectivity index is 2.83. The number of rotatable bonds is 5. The van der Waals surface area contributed by atoms with Crippen LogP contribution in [0.25, 0.3) is 0 Å². The minimum Gasteiger partial charge on any atom is -0.483 e.